The van der Waals surface area contributed by atoms with Crippen molar-refractivity contribution in [2.45, 2.75) is 26.2 Å². The topological polar surface area (TPSA) is 43.2 Å². The Kier molecular flexibility index (Phi) is 5.02. The maximum Gasteiger partial charge on any atom is 0.157 e. The first-order valence-electron chi connectivity index (χ1n) is 8.74. The van der Waals surface area contributed by atoms with Crippen LogP contribution >= 0.6 is 11.6 Å². The highest BCUT2D eigenvalue weighted by molar-refractivity contribution is 6.31. The molecule has 0 amide bonds. The molecule has 1 aliphatic heterocycles. The van der Waals surface area contributed by atoms with Gasteiger partial charge in [-0.2, -0.15) is 0 Å². The summed E-state index contributed by atoms with van der Waals surface area (Å²) in [5, 5.41) is 9.33. The quantitative estimate of drug-likeness (QED) is 0.686. The van der Waals surface area contributed by atoms with Crippen molar-refractivity contribution in [3.63, 3.8) is 0 Å². The zero-order valence-electron chi connectivity index (χ0n) is 14.7. The van der Waals surface area contributed by atoms with Crippen molar-refractivity contribution < 1.29 is 4.74 Å². The second kappa shape index (κ2) is 7.58. The molecule has 0 N–H and O–H groups in total. The summed E-state index contributed by atoms with van der Waals surface area (Å²) in [5.41, 5.74) is 4.41. The lowest BCUT2D eigenvalue weighted by molar-refractivity contribution is 0.0252. The molecule has 0 radical (unpaired) electrons. The van der Waals surface area contributed by atoms with Crippen LogP contribution in [0.15, 0.2) is 54.7 Å². The molecule has 134 valence electrons. The maximum atomic E-state index is 6.24. The Morgan fingerprint density at radius 3 is 2.88 bits per heavy atom. The third kappa shape index (κ3) is 3.80. The van der Waals surface area contributed by atoms with Gasteiger partial charge in [0.2, 0.25) is 0 Å². The van der Waals surface area contributed by atoms with Crippen LogP contribution in [0.5, 0.6) is 0 Å². The highest BCUT2D eigenvalue weighted by atomic mass is 35.5. The van der Waals surface area contributed by atoms with Crippen LogP contribution in [0.2, 0.25) is 5.02 Å². The summed E-state index contributed by atoms with van der Waals surface area (Å²) >= 11 is 6.24. The Bertz CT molecular complexity index is 895. The van der Waals surface area contributed by atoms with Gasteiger partial charge in [-0.25, -0.2) is 4.68 Å². The van der Waals surface area contributed by atoms with E-state index in [2.05, 4.69) is 46.4 Å². The number of hydrogen-bond donors (Lipinski definition) is 0. The largest absolute Gasteiger partial charge is 0.356 e. The molecule has 1 aromatic heterocycles. The van der Waals surface area contributed by atoms with Crippen LogP contribution in [0.1, 0.15) is 28.6 Å². The first kappa shape index (κ1) is 17.2. The van der Waals surface area contributed by atoms with E-state index in [1.807, 2.05) is 35.1 Å². The molecule has 3 aromatic rings. The van der Waals surface area contributed by atoms with Crippen LogP contribution in [0.4, 0.5) is 0 Å². The summed E-state index contributed by atoms with van der Waals surface area (Å²) in [7, 11) is 0. The van der Waals surface area contributed by atoms with Gasteiger partial charge in [0.05, 0.1) is 19.3 Å². The van der Waals surface area contributed by atoms with Gasteiger partial charge in [0, 0.05) is 18.1 Å². The molecule has 4 rings (SSSR count). The van der Waals surface area contributed by atoms with Gasteiger partial charge in [0.15, 0.2) is 6.23 Å². The van der Waals surface area contributed by atoms with Crippen LogP contribution in [0.25, 0.3) is 0 Å². The maximum absolute atomic E-state index is 6.24. The van der Waals surface area contributed by atoms with E-state index in [1.54, 1.807) is 0 Å². The summed E-state index contributed by atoms with van der Waals surface area (Å²) in [6.07, 6.45) is 1.79. The Morgan fingerprint density at radius 2 is 2.04 bits per heavy atom. The SMILES string of the molecule is Cc1cccc(CN2CCOC2c2cn(Cc3ccccc3Cl)nn2)c1. The van der Waals surface area contributed by atoms with Gasteiger partial charge < -0.3 is 4.74 Å². The van der Waals surface area contributed by atoms with E-state index in [0.717, 1.165) is 29.4 Å². The van der Waals surface area contributed by atoms with Crippen LogP contribution < -0.4 is 0 Å². The van der Waals surface area contributed by atoms with Crippen molar-refractivity contribution in [3.05, 3.63) is 82.1 Å². The minimum Gasteiger partial charge on any atom is -0.356 e. The fraction of sp³-hybridized carbons (Fsp3) is 0.300. The molecule has 0 saturated carbocycles. The number of ether oxygens (including phenoxy) is 1. The Labute approximate surface area is 158 Å². The minimum atomic E-state index is -0.157. The molecule has 0 bridgehead atoms. The molecule has 2 heterocycles. The molecule has 0 spiro atoms. The monoisotopic (exact) mass is 368 g/mol. The molecule has 2 aromatic carbocycles. The molecule has 1 atom stereocenters. The Morgan fingerprint density at radius 1 is 1.15 bits per heavy atom. The molecule has 1 saturated heterocycles. The van der Waals surface area contributed by atoms with E-state index in [-0.39, 0.29) is 6.23 Å². The van der Waals surface area contributed by atoms with Crippen LogP contribution in [-0.4, -0.2) is 33.0 Å². The molecule has 1 unspecified atom stereocenters. The van der Waals surface area contributed by atoms with Crippen molar-refractivity contribution in [2.24, 2.45) is 0 Å². The fourth-order valence-corrected chi connectivity index (χ4v) is 3.48. The van der Waals surface area contributed by atoms with E-state index in [9.17, 15) is 0 Å². The molecule has 1 fully saturated rings. The highest BCUT2D eigenvalue weighted by Gasteiger charge is 2.29. The first-order chi connectivity index (χ1) is 12.7. The average molecular weight is 369 g/mol. The highest BCUT2D eigenvalue weighted by Crippen LogP contribution is 2.27. The van der Waals surface area contributed by atoms with Crippen molar-refractivity contribution in [2.75, 3.05) is 13.2 Å². The number of hydrogen-bond acceptors (Lipinski definition) is 4. The average Bonchev–Trinajstić information content (AvgIpc) is 3.26. The number of halogens is 1. The summed E-state index contributed by atoms with van der Waals surface area (Å²) < 4.78 is 7.73. The summed E-state index contributed by atoms with van der Waals surface area (Å²) in [4.78, 5) is 2.29. The van der Waals surface area contributed by atoms with Crippen molar-refractivity contribution >= 4 is 11.6 Å². The molecular formula is C20H21ClN4O. The molecule has 0 aliphatic carbocycles. The molecule has 5 nitrogen and oxygen atoms in total. The Balaban J connectivity index is 1.48. The smallest absolute Gasteiger partial charge is 0.157 e. The number of aromatic nitrogens is 3. The van der Waals surface area contributed by atoms with Gasteiger partial charge in [-0.15, -0.1) is 5.10 Å². The lowest BCUT2D eigenvalue weighted by atomic mass is 10.1. The zero-order valence-corrected chi connectivity index (χ0v) is 15.4. The Hall–Kier alpha value is -2.21. The molecular weight excluding hydrogens is 348 g/mol. The minimum absolute atomic E-state index is 0.157. The van der Waals surface area contributed by atoms with Crippen LogP contribution in [0, 0.1) is 6.92 Å². The van der Waals surface area contributed by atoms with Gasteiger partial charge in [-0.1, -0.05) is 64.8 Å². The van der Waals surface area contributed by atoms with Gasteiger partial charge in [-0.05, 0) is 24.1 Å². The summed E-state index contributed by atoms with van der Waals surface area (Å²) in [5.74, 6) is 0. The van der Waals surface area contributed by atoms with Gasteiger partial charge in [0.1, 0.15) is 5.69 Å². The van der Waals surface area contributed by atoms with Crippen molar-refractivity contribution in [1.82, 2.24) is 19.9 Å². The van der Waals surface area contributed by atoms with Crippen LogP contribution in [0.3, 0.4) is 0 Å². The van der Waals surface area contributed by atoms with Gasteiger partial charge >= 0.3 is 0 Å². The molecule has 6 heteroatoms. The molecule has 1 aliphatic rings. The van der Waals surface area contributed by atoms with Gasteiger partial charge in [-0.3, -0.25) is 4.90 Å². The number of aryl methyl sites for hydroxylation is 1. The second-order valence-electron chi connectivity index (χ2n) is 6.62. The van der Waals surface area contributed by atoms with Crippen molar-refractivity contribution in [3.8, 4) is 0 Å². The van der Waals surface area contributed by atoms with Gasteiger partial charge in [0.25, 0.3) is 0 Å². The summed E-state index contributed by atoms with van der Waals surface area (Å²) in [6.45, 7) is 5.13. The third-order valence-electron chi connectivity index (χ3n) is 4.55. The first-order valence-corrected chi connectivity index (χ1v) is 9.11. The summed E-state index contributed by atoms with van der Waals surface area (Å²) in [6, 6.07) is 16.4. The van der Waals surface area contributed by atoms with E-state index < -0.39 is 0 Å². The lowest BCUT2D eigenvalue weighted by Crippen LogP contribution is -2.23. The fourth-order valence-electron chi connectivity index (χ4n) is 3.29. The zero-order chi connectivity index (χ0) is 17.9. The number of benzene rings is 2. The third-order valence-corrected chi connectivity index (χ3v) is 4.92. The second-order valence-corrected chi connectivity index (χ2v) is 7.02. The van der Waals surface area contributed by atoms with E-state index in [4.69, 9.17) is 16.3 Å². The predicted octanol–water partition coefficient (Wildman–Crippen LogP) is 3.82. The standard InChI is InChI=1S/C20H21ClN4O/c1-15-5-4-6-16(11-15)12-24-9-10-26-20(24)19-14-25(23-22-19)13-17-7-2-3-8-18(17)21/h2-8,11,14,20H,9-10,12-13H2,1H3. The predicted molar refractivity (Wildman–Crippen MR) is 101 cm³/mol. The number of nitrogens with zero attached hydrogens (tertiary/aromatic N) is 4. The lowest BCUT2D eigenvalue weighted by Gasteiger charge is -2.21. The normalized spacial score (nSPS) is 17.7. The van der Waals surface area contributed by atoms with Crippen molar-refractivity contribution in [1.29, 1.82) is 0 Å². The van der Waals surface area contributed by atoms with E-state index in [1.165, 1.54) is 11.1 Å². The number of rotatable bonds is 5. The van der Waals surface area contributed by atoms with E-state index in [0.29, 0.717) is 13.2 Å². The molecule has 26 heavy (non-hydrogen) atoms. The van der Waals surface area contributed by atoms with E-state index >= 15 is 0 Å². The van der Waals surface area contributed by atoms with Crippen LogP contribution in [-0.2, 0) is 17.8 Å².